The van der Waals surface area contributed by atoms with Crippen LogP contribution in [0, 0.1) is 34.9 Å². The molecule has 5 aliphatic rings. The second kappa shape index (κ2) is 6.16. The van der Waals surface area contributed by atoms with Crippen LogP contribution in [0.5, 0.6) is 5.75 Å². The molecule has 0 radical (unpaired) electrons. The van der Waals surface area contributed by atoms with Crippen LogP contribution in [0.25, 0.3) is 10.9 Å². The van der Waals surface area contributed by atoms with Gasteiger partial charge in [0, 0.05) is 35.1 Å². The number of benzene rings is 1. The number of nitrogens with zero attached hydrogens (tertiary/aromatic N) is 1. The summed E-state index contributed by atoms with van der Waals surface area (Å²) in [5.41, 5.74) is 0.815. The topological polar surface area (TPSA) is 71.5 Å². The molecule has 1 heterocycles. The van der Waals surface area contributed by atoms with Gasteiger partial charge in [0.25, 0.3) is 0 Å². The maximum absolute atomic E-state index is 13.7. The van der Waals surface area contributed by atoms with E-state index in [0.717, 1.165) is 37.6 Å². The molecule has 1 aromatic heterocycles. The maximum Gasteiger partial charge on any atom is 0.223 e. The van der Waals surface area contributed by atoms with Gasteiger partial charge in [0.05, 0.1) is 11.6 Å². The number of aliphatic hydroxyl groups is 1. The van der Waals surface area contributed by atoms with Crippen LogP contribution in [0.4, 0.5) is 4.39 Å². The third-order valence-electron chi connectivity index (χ3n) is 8.28. The summed E-state index contributed by atoms with van der Waals surface area (Å²) < 4.78 is 19.9. The Bertz CT molecular complexity index is 1010. The van der Waals surface area contributed by atoms with Crippen molar-refractivity contribution in [3.8, 4) is 5.75 Å². The van der Waals surface area contributed by atoms with Gasteiger partial charge in [-0.25, -0.2) is 4.39 Å². The quantitative estimate of drug-likeness (QED) is 0.765. The Hall–Kier alpha value is -2.21. The summed E-state index contributed by atoms with van der Waals surface area (Å²) in [5.74, 6) is 2.12. The van der Waals surface area contributed by atoms with Crippen LogP contribution in [0.2, 0.25) is 0 Å². The number of ether oxygens (including phenoxy) is 1. The maximum atomic E-state index is 13.7. The molecule has 30 heavy (non-hydrogen) atoms. The molecule has 158 valence electrons. The minimum absolute atomic E-state index is 0.0240. The van der Waals surface area contributed by atoms with Crippen molar-refractivity contribution in [2.45, 2.75) is 50.7 Å². The van der Waals surface area contributed by atoms with Gasteiger partial charge in [0.2, 0.25) is 5.91 Å². The molecular weight excluding hydrogens is 383 g/mol. The molecule has 0 spiro atoms. The fraction of sp³-hybridized carbons (Fsp3) is 0.583. The lowest BCUT2D eigenvalue weighted by Gasteiger charge is -2.70. The molecule has 6 heteroatoms. The fourth-order valence-electron chi connectivity index (χ4n) is 6.90. The van der Waals surface area contributed by atoms with E-state index in [4.69, 9.17) is 4.74 Å². The van der Waals surface area contributed by atoms with Gasteiger partial charge in [0.1, 0.15) is 11.6 Å². The zero-order chi connectivity index (χ0) is 20.7. The molecule has 5 fully saturated rings. The van der Waals surface area contributed by atoms with Crippen molar-refractivity contribution < 1.29 is 19.0 Å². The Balaban J connectivity index is 1.05. The number of nitrogens with one attached hydrogen (secondary N) is 1. The molecule has 2 N–H and O–H groups in total. The molecule has 7 rings (SSSR count). The minimum Gasteiger partial charge on any atom is -0.490 e. The molecule has 2 aromatic rings. The van der Waals surface area contributed by atoms with Gasteiger partial charge in [-0.15, -0.1) is 0 Å². The van der Waals surface area contributed by atoms with Crippen LogP contribution in [-0.4, -0.2) is 34.2 Å². The van der Waals surface area contributed by atoms with Crippen LogP contribution in [0.15, 0.2) is 30.5 Å². The number of rotatable bonds is 6. The first kappa shape index (κ1) is 18.6. The molecule has 0 saturated heterocycles. The number of carbonyl (C=O) groups excluding carboxylic acids is 1. The molecule has 5 atom stereocenters. The van der Waals surface area contributed by atoms with Gasteiger partial charge in [-0.1, -0.05) is 6.92 Å². The Kier molecular flexibility index (Phi) is 3.81. The zero-order valence-corrected chi connectivity index (χ0v) is 17.1. The van der Waals surface area contributed by atoms with E-state index in [1.807, 2.05) is 6.07 Å². The van der Waals surface area contributed by atoms with Gasteiger partial charge in [-0.2, -0.15) is 0 Å². The lowest BCUT2D eigenvalue weighted by atomic mass is 9.39. The first-order chi connectivity index (χ1) is 14.4. The minimum atomic E-state index is -0.289. The van der Waals surface area contributed by atoms with Crippen molar-refractivity contribution in [3.63, 3.8) is 0 Å². The summed E-state index contributed by atoms with van der Waals surface area (Å²) in [6.45, 7) is 2.30. The summed E-state index contributed by atoms with van der Waals surface area (Å²) >= 11 is 0. The Labute approximate surface area is 175 Å². The van der Waals surface area contributed by atoms with E-state index < -0.39 is 0 Å². The number of halogens is 1. The van der Waals surface area contributed by atoms with Crippen molar-refractivity contribution in [1.82, 2.24) is 10.3 Å². The predicted octanol–water partition coefficient (Wildman–Crippen LogP) is 3.44. The number of carbonyl (C=O) groups is 1. The lowest BCUT2D eigenvalue weighted by molar-refractivity contribution is -0.184. The third-order valence-corrected chi connectivity index (χ3v) is 8.28. The van der Waals surface area contributed by atoms with E-state index in [9.17, 15) is 14.3 Å². The molecule has 1 amide bonds. The zero-order valence-electron chi connectivity index (χ0n) is 17.1. The number of fused-ring (bicyclic) bond motifs is 2. The molecule has 2 bridgehead atoms. The van der Waals surface area contributed by atoms with Crippen LogP contribution in [0.3, 0.4) is 0 Å². The van der Waals surface area contributed by atoms with Crippen LogP contribution < -0.4 is 10.1 Å². The van der Waals surface area contributed by atoms with E-state index in [1.54, 1.807) is 12.3 Å². The van der Waals surface area contributed by atoms with Gasteiger partial charge in [-0.05, 0) is 74.1 Å². The summed E-state index contributed by atoms with van der Waals surface area (Å²) in [6.07, 6.45) is 6.51. The Morgan fingerprint density at radius 2 is 2.03 bits per heavy atom. The monoisotopic (exact) mass is 410 g/mol. The SMILES string of the molecule is CC(C(=O)NC12CC(CO)(C1)C2)[C@@H]1[C@@H]2C[C@@H](Oc3ccnc4ccc(F)cc34)C[C@@H]21. The van der Waals surface area contributed by atoms with Gasteiger partial charge in [-0.3, -0.25) is 9.78 Å². The van der Waals surface area contributed by atoms with Crippen molar-refractivity contribution >= 4 is 16.8 Å². The van der Waals surface area contributed by atoms with Crippen molar-refractivity contribution in [1.29, 1.82) is 0 Å². The van der Waals surface area contributed by atoms with E-state index >= 15 is 0 Å². The van der Waals surface area contributed by atoms with Crippen molar-refractivity contribution in [3.05, 3.63) is 36.3 Å². The standard InChI is InChI=1S/C24H27FN2O3/c1-13(22(29)27-24-9-23(10-24,11-24)12-28)21-16-7-15(8-17(16)21)30-20-4-5-26-19-3-2-14(25)6-18(19)20/h2-6,13,15-17,21,28H,7-12H2,1H3,(H,27,29)/t13?,15-,16-,17+,21-,23?,24?. The summed E-state index contributed by atoms with van der Waals surface area (Å²) in [7, 11) is 0. The van der Waals surface area contributed by atoms with E-state index in [2.05, 4.69) is 17.2 Å². The largest absolute Gasteiger partial charge is 0.490 e. The smallest absolute Gasteiger partial charge is 0.223 e. The second-order valence-electron chi connectivity index (χ2n) is 10.3. The second-order valence-corrected chi connectivity index (χ2v) is 10.3. The molecule has 5 aliphatic carbocycles. The number of aromatic nitrogens is 1. The van der Waals surface area contributed by atoms with Crippen molar-refractivity contribution in [2.24, 2.45) is 29.1 Å². The van der Waals surface area contributed by atoms with E-state index in [-0.39, 0.29) is 41.3 Å². The highest BCUT2D eigenvalue weighted by atomic mass is 19.1. The highest BCUT2D eigenvalue weighted by molar-refractivity contribution is 5.84. The van der Waals surface area contributed by atoms with E-state index in [1.165, 1.54) is 12.1 Å². The molecule has 0 aliphatic heterocycles. The number of hydrogen-bond acceptors (Lipinski definition) is 4. The number of aliphatic hydroxyl groups excluding tert-OH is 1. The predicted molar refractivity (Wildman–Crippen MR) is 109 cm³/mol. The highest BCUT2D eigenvalue weighted by Gasteiger charge is 2.68. The Morgan fingerprint density at radius 3 is 2.73 bits per heavy atom. The highest BCUT2D eigenvalue weighted by Crippen LogP contribution is 2.67. The van der Waals surface area contributed by atoms with Gasteiger partial charge in [0.15, 0.2) is 0 Å². The third kappa shape index (κ3) is 2.69. The first-order valence-electron chi connectivity index (χ1n) is 11.0. The lowest BCUT2D eigenvalue weighted by Crippen LogP contribution is -2.76. The normalized spacial score (nSPS) is 38.9. The van der Waals surface area contributed by atoms with Gasteiger partial charge < -0.3 is 15.2 Å². The summed E-state index contributed by atoms with van der Waals surface area (Å²) in [4.78, 5) is 17.1. The number of amides is 1. The Morgan fingerprint density at radius 1 is 1.30 bits per heavy atom. The number of pyridine rings is 1. The van der Waals surface area contributed by atoms with Gasteiger partial charge >= 0.3 is 0 Å². The first-order valence-corrected chi connectivity index (χ1v) is 11.0. The average molecular weight is 410 g/mol. The van der Waals surface area contributed by atoms with Crippen LogP contribution in [0.1, 0.15) is 39.0 Å². The average Bonchev–Trinajstić information content (AvgIpc) is 3.17. The van der Waals surface area contributed by atoms with Crippen LogP contribution in [-0.2, 0) is 4.79 Å². The molecule has 5 nitrogen and oxygen atoms in total. The fourth-order valence-corrected chi connectivity index (χ4v) is 6.90. The summed E-state index contributed by atoms with van der Waals surface area (Å²) in [5, 5.41) is 13.4. The molecule has 1 aromatic carbocycles. The van der Waals surface area contributed by atoms with Crippen molar-refractivity contribution in [2.75, 3.05) is 6.61 Å². The molecular formula is C24H27FN2O3. The van der Waals surface area contributed by atoms with E-state index in [0.29, 0.717) is 28.9 Å². The number of hydrogen-bond donors (Lipinski definition) is 2. The summed E-state index contributed by atoms with van der Waals surface area (Å²) in [6, 6.07) is 6.38. The molecule has 5 saturated carbocycles. The van der Waals surface area contributed by atoms with Crippen LogP contribution >= 0.6 is 0 Å². The molecule has 1 unspecified atom stereocenters.